The number of nitrogens with zero attached hydrogens (tertiary/aromatic N) is 1. The van der Waals surface area contributed by atoms with Crippen molar-refractivity contribution in [3.05, 3.63) is 47.8 Å². The van der Waals surface area contributed by atoms with Crippen LogP contribution in [0.1, 0.15) is 10.4 Å². The molecule has 0 heterocycles. The molecule has 2 rings (SSSR count). The number of carbonyl (C=O) groups is 3. The van der Waals surface area contributed by atoms with Gasteiger partial charge < -0.3 is 29.2 Å². The Morgan fingerprint density at radius 1 is 0.935 bits per heavy atom. The summed E-state index contributed by atoms with van der Waals surface area (Å²) in [6, 6.07) is 8.03. The molecule has 0 saturated carbocycles. The van der Waals surface area contributed by atoms with Crippen LogP contribution in [0.15, 0.2) is 36.4 Å². The van der Waals surface area contributed by atoms with Gasteiger partial charge in [-0.1, -0.05) is 0 Å². The van der Waals surface area contributed by atoms with E-state index in [1.54, 1.807) is 0 Å². The molecule has 2 amide bonds. The number of hydrogen-bond donors (Lipinski definition) is 1. The van der Waals surface area contributed by atoms with E-state index in [4.69, 9.17) is 18.9 Å². The van der Waals surface area contributed by atoms with E-state index in [2.05, 4.69) is 5.32 Å². The highest BCUT2D eigenvalue weighted by Crippen LogP contribution is 2.34. The number of ether oxygens (including phenoxy) is 4. The second-order valence-electron chi connectivity index (χ2n) is 6.29. The summed E-state index contributed by atoms with van der Waals surface area (Å²) in [4.78, 5) is 37.8. The van der Waals surface area contributed by atoms with Crippen molar-refractivity contribution in [3.8, 4) is 17.2 Å². The van der Waals surface area contributed by atoms with Crippen LogP contribution in [0.2, 0.25) is 0 Å². The van der Waals surface area contributed by atoms with Crippen molar-refractivity contribution in [2.45, 2.75) is 0 Å². The van der Waals surface area contributed by atoms with E-state index in [1.165, 1.54) is 64.8 Å². The topological polar surface area (TPSA) is 103 Å². The average molecular weight is 434 g/mol. The lowest BCUT2D eigenvalue weighted by Gasteiger charge is -2.17. The Kier molecular flexibility index (Phi) is 8.18. The first kappa shape index (κ1) is 23.5. The largest absolute Gasteiger partial charge is 0.496 e. The van der Waals surface area contributed by atoms with E-state index in [0.717, 1.165) is 4.90 Å². The van der Waals surface area contributed by atoms with Crippen LogP contribution in [0.5, 0.6) is 17.2 Å². The molecule has 0 aromatic heterocycles. The number of likely N-dealkylation sites (N-methyl/N-ethyl adjacent to an activating group) is 1. The summed E-state index contributed by atoms with van der Waals surface area (Å²) in [5.74, 6) is -1.50. The first-order chi connectivity index (χ1) is 14.8. The minimum Gasteiger partial charge on any atom is -0.496 e. The van der Waals surface area contributed by atoms with Crippen molar-refractivity contribution in [2.75, 3.05) is 46.8 Å². The van der Waals surface area contributed by atoms with Crippen molar-refractivity contribution in [2.24, 2.45) is 0 Å². The van der Waals surface area contributed by atoms with Crippen LogP contribution in [0.25, 0.3) is 0 Å². The summed E-state index contributed by atoms with van der Waals surface area (Å²) in [6.45, 7) is -0.871. The highest BCUT2D eigenvalue weighted by atomic mass is 19.1. The van der Waals surface area contributed by atoms with E-state index in [1.807, 2.05) is 0 Å². The number of hydrogen-bond acceptors (Lipinski definition) is 7. The molecule has 1 N–H and O–H groups in total. The third-order valence-corrected chi connectivity index (χ3v) is 4.19. The zero-order chi connectivity index (χ0) is 23.0. The molecule has 0 radical (unpaired) electrons. The molecule has 0 unspecified atom stereocenters. The molecule has 0 spiro atoms. The smallest absolute Gasteiger partial charge is 0.342 e. The minimum absolute atomic E-state index is 0.0460. The molecule has 10 heteroatoms. The molecule has 31 heavy (non-hydrogen) atoms. The monoisotopic (exact) mass is 434 g/mol. The van der Waals surface area contributed by atoms with Gasteiger partial charge >= 0.3 is 5.97 Å². The van der Waals surface area contributed by atoms with Gasteiger partial charge in [-0.15, -0.1) is 0 Å². The van der Waals surface area contributed by atoms with Gasteiger partial charge in [0.2, 0.25) is 5.91 Å². The predicted octanol–water partition coefficient (Wildman–Crippen LogP) is 2.11. The Balaban J connectivity index is 1.94. The van der Waals surface area contributed by atoms with E-state index in [0.29, 0.717) is 11.4 Å². The summed E-state index contributed by atoms with van der Waals surface area (Å²) >= 11 is 0. The maximum absolute atomic E-state index is 12.9. The van der Waals surface area contributed by atoms with Gasteiger partial charge in [-0.05, 0) is 24.3 Å². The highest BCUT2D eigenvalue weighted by molar-refractivity contribution is 5.96. The maximum Gasteiger partial charge on any atom is 0.342 e. The van der Waals surface area contributed by atoms with Crippen LogP contribution in [-0.2, 0) is 14.3 Å². The van der Waals surface area contributed by atoms with Crippen LogP contribution in [0.4, 0.5) is 10.1 Å². The number of benzene rings is 2. The SMILES string of the molecule is COc1cc(OC)c(C(=O)OCC(=O)N(C)CC(=O)Nc2ccc(F)cc2)cc1OC. The molecule has 0 fully saturated rings. The van der Waals surface area contributed by atoms with Gasteiger partial charge in [0.05, 0.1) is 27.9 Å². The first-order valence-electron chi connectivity index (χ1n) is 9.05. The fourth-order valence-corrected chi connectivity index (χ4v) is 2.54. The third-order valence-electron chi connectivity index (χ3n) is 4.19. The summed E-state index contributed by atoms with van der Waals surface area (Å²) in [5, 5.41) is 2.53. The number of carbonyl (C=O) groups excluding carboxylic acids is 3. The lowest BCUT2D eigenvalue weighted by molar-refractivity contribution is -0.136. The van der Waals surface area contributed by atoms with Crippen LogP contribution in [-0.4, -0.2) is 64.2 Å². The number of nitrogens with one attached hydrogen (secondary N) is 1. The maximum atomic E-state index is 12.9. The van der Waals surface area contributed by atoms with E-state index in [9.17, 15) is 18.8 Å². The van der Waals surface area contributed by atoms with Crippen molar-refractivity contribution < 1.29 is 37.7 Å². The molecule has 9 nitrogen and oxygen atoms in total. The van der Waals surface area contributed by atoms with Crippen molar-refractivity contribution in [1.82, 2.24) is 4.90 Å². The lowest BCUT2D eigenvalue weighted by Crippen LogP contribution is -2.37. The Bertz CT molecular complexity index is 947. The first-order valence-corrected chi connectivity index (χ1v) is 9.05. The molecule has 0 aliphatic heterocycles. The zero-order valence-electron chi connectivity index (χ0n) is 17.6. The van der Waals surface area contributed by atoms with Gasteiger partial charge in [0, 0.05) is 24.9 Å². The van der Waals surface area contributed by atoms with E-state index < -0.39 is 30.2 Å². The molecular formula is C21H23FN2O7. The number of esters is 1. The molecule has 2 aromatic carbocycles. The summed E-state index contributed by atoms with van der Waals surface area (Å²) < 4.78 is 33.5. The van der Waals surface area contributed by atoms with Crippen molar-refractivity contribution in [3.63, 3.8) is 0 Å². The standard InChI is InChI=1S/C21H23FN2O7/c1-24(11-19(25)23-14-7-5-13(22)6-8-14)20(26)12-31-21(27)15-9-17(29-3)18(30-4)10-16(15)28-2/h5-10H,11-12H2,1-4H3,(H,23,25). The molecule has 166 valence electrons. The lowest BCUT2D eigenvalue weighted by atomic mass is 10.1. The van der Waals surface area contributed by atoms with Crippen molar-refractivity contribution >= 4 is 23.5 Å². The molecule has 0 bridgehead atoms. The van der Waals surface area contributed by atoms with Gasteiger partial charge in [0.1, 0.15) is 17.1 Å². The quantitative estimate of drug-likeness (QED) is 0.603. The zero-order valence-corrected chi connectivity index (χ0v) is 17.6. The van der Waals surface area contributed by atoms with Crippen molar-refractivity contribution in [1.29, 1.82) is 0 Å². The second kappa shape index (κ2) is 10.8. The molecule has 2 aromatic rings. The van der Waals surface area contributed by atoms with Gasteiger partial charge in [-0.3, -0.25) is 9.59 Å². The molecular weight excluding hydrogens is 411 g/mol. The average Bonchev–Trinajstić information content (AvgIpc) is 2.77. The second-order valence-corrected chi connectivity index (χ2v) is 6.29. The number of amides is 2. The third kappa shape index (κ3) is 6.33. The number of halogens is 1. The van der Waals surface area contributed by atoms with Gasteiger partial charge in [-0.2, -0.15) is 0 Å². The summed E-state index contributed by atoms with van der Waals surface area (Å²) in [6.07, 6.45) is 0. The van der Waals surface area contributed by atoms with Gasteiger partial charge in [-0.25, -0.2) is 9.18 Å². The minimum atomic E-state index is -0.810. The summed E-state index contributed by atoms with van der Waals surface area (Å²) in [5.41, 5.74) is 0.434. The Hall–Kier alpha value is -3.82. The number of rotatable bonds is 9. The molecule has 0 aliphatic rings. The van der Waals surface area contributed by atoms with Crippen LogP contribution in [0, 0.1) is 5.82 Å². The Morgan fingerprint density at radius 2 is 1.52 bits per heavy atom. The van der Waals surface area contributed by atoms with Gasteiger partial charge in [0.15, 0.2) is 18.1 Å². The van der Waals surface area contributed by atoms with Crippen LogP contribution in [0.3, 0.4) is 0 Å². The number of anilines is 1. The summed E-state index contributed by atoms with van der Waals surface area (Å²) in [7, 11) is 5.61. The fraction of sp³-hybridized carbons (Fsp3) is 0.286. The fourth-order valence-electron chi connectivity index (χ4n) is 2.54. The molecule has 0 aliphatic carbocycles. The number of methoxy groups -OCH3 is 3. The van der Waals surface area contributed by atoms with Gasteiger partial charge in [0.25, 0.3) is 5.91 Å². The van der Waals surface area contributed by atoms with Crippen LogP contribution >= 0.6 is 0 Å². The Morgan fingerprint density at radius 3 is 2.10 bits per heavy atom. The van der Waals surface area contributed by atoms with E-state index >= 15 is 0 Å². The van der Waals surface area contributed by atoms with Crippen LogP contribution < -0.4 is 19.5 Å². The Labute approximate surface area is 178 Å². The molecule has 0 atom stereocenters. The molecule has 0 saturated heterocycles. The van der Waals surface area contributed by atoms with E-state index in [-0.39, 0.29) is 23.6 Å². The predicted molar refractivity (Wildman–Crippen MR) is 109 cm³/mol. The highest BCUT2D eigenvalue weighted by Gasteiger charge is 2.21. The normalized spacial score (nSPS) is 10.1.